The topological polar surface area (TPSA) is 88.8 Å². The number of amides is 3. The Balaban J connectivity index is 1.47. The van der Waals surface area contributed by atoms with Crippen molar-refractivity contribution in [2.45, 2.75) is 26.3 Å². The van der Waals surface area contributed by atoms with E-state index < -0.39 is 0 Å². The lowest BCUT2D eigenvalue weighted by atomic mass is 10.1. The summed E-state index contributed by atoms with van der Waals surface area (Å²) in [6.07, 6.45) is 0. The minimum Gasteiger partial charge on any atom is -0.351 e. The van der Waals surface area contributed by atoms with E-state index in [9.17, 15) is 14.4 Å². The van der Waals surface area contributed by atoms with Gasteiger partial charge in [0.05, 0.1) is 13.1 Å². The molecule has 2 aromatic rings. The van der Waals surface area contributed by atoms with Gasteiger partial charge in [0.15, 0.2) is 0 Å². The molecule has 0 bridgehead atoms. The quantitative estimate of drug-likeness (QED) is 0.773. The van der Waals surface area contributed by atoms with Gasteiger partial charge in [-0.15, -0.1) is 0 Å². The number of aromatic nitrogens is 1. The molecule has 30 heavy (non-hydrogen) atoms. The second-order valence-corrected chi connectivity index (χ2v) is 8.89. The molecule has 2 heterocycles. The van der Waals surface area contributed by atoms with Crippen LogP contribution in [0.2, 0.25) is 0 Å². The van der Waals surface area contributed by atoms with Gasteiger partial charge in [0, 0.05) is 49.7 Å². The molecule has 162 valence electrons. The zero-order valence-electron chi connectivity index (χ0n) is 18.2. The molecule has 3 amide bonds. The fourth-order valence-electron chi connectivity index (χ4n) is 3.54. The normalized spacial score (nSPS) is 15.3. The van der Waals surface area contributed by atoms with Crippen LogP contribution in [0.1, 0.15) is 31.3 Å². The summed E-state index contributed by atoms with van der Waals surface area (Å²) in [4.78, 5) is 45.7. The molecule has 0 atom stereocenters. The molecule has 1 fully saturated rings. The van der Waals surface area contributed by atoms with Crippen LogP contribution in [0.15, 0.2) is 30.3 Å². The van der Waals surface area contributed by atoms with Crippen molar-refractivity contribution in [3.8, 4) is 0 Å². The van der Waals surface area contributed by atoms with Crippen molar-refractivity contribution >= 4 is 28.6 Å². The van der Waals surface area contributed by atoms with Gasteiger partial charge in [0.1, 0.15) is 5.69 Å². The lowest BCUT2D eigenvalue weighted by molar-refractivity contribution is -0.136. The second kappa shape index (κ2) is 8.87. The van der Waals surface area contributed by atoms with Crippen molar-refractivity contribution in [3.05, 3.63) is 36.0 Å². The first-order chi connectivity index (χ1) is 14.1. The Bertz CT molecular complexity index is 889. The first-order valence-corrected chi connectivity index (χ1v) is 10.3. The number of piperazine rings is 1. The summed E-state index contributed by atoms with van der Waals surface area (Å²) in [6.45, 7) is 8.38. The Morgan fingerprint density at radius 1 is 1.10 bits per heavy atom. The number of fused-ring (bicyclic) bond motifs is 1. The van der Waals surface area contributed by atoms with Crippen LogP contribution in [-0.2, 0) is 9.59 Å². The van der Waals surface area contributed by atoms with Crippen molar-refractivity contribution in [1.82, 2.24) is 25.0 Å². The first-order valence-electron chi connectivity index (χ1n) is 10.3. The minimum absolute atomic E-state index is 0.0202. The van der Waals surface area contributed by atoms with Gasteiger partial charge in [-0.1, -0.05) is 18.2 Å². The fourth-order valence-corrected chi connectivity index (χ4v) is 3.54. The Morgan fingerprint density at radius 2 is 1.77 bits per heavy atom. The lowest BCUT2D eigenvalue weighted by Gasteiger charge is -2.34. The van der Waals surface area contributed by atoms with Gasteiger partial charge in [-0.25, -0.2) is 0 Å². The van der Waals surface area contributed by atoms with E-state index in [1.165, 1.54) is 4.90 Å². The summed E-state index contributed by atoms with van der Waals surface area (Å²) in [5, 5.41) is 3.88. The molecule has 0 spiro atoms. The van der Waals surface area contributed by atoms with Gasteiger partial charge in [-0.2, -0.15) is 0 Å². The number of hydrogen-bond donors (Lipinski definition) is 2. The van der Waals surface area contributed by atoms with E-state index in [2.05, 4.69) is 10.3 Å². The predicted octanol–water partition coefficient (Wildman–Crippen LogP) is 1.30. The van der Waals surface area contributed by atoms with Crippen molar-refractivity contribution in [1.29, 1.82) is 0 Å². The summed E-state index contributed by atoms with van der Waals surface area (Å²) in [6, 6.07) is 9.69. The predicted molar refractivity (Wildman–Crippen MR) is 116 cm³/mol. The maximum atomic E-state index is 12.8. The zero-order valence-corrected chi connectivity index (χ0v) is 18.2. The maximum Gasteiger partial charge on any atom is 0.270 e. The van der Waals surface area contributed by atoms with Gasteiger partial charge < -0.3 is 20.1 Å². The van der Waals surface area contributed by atoms with Gasteiger partial charge >= 0.3 is 0 Å². The van der Waals surface area contributed by atoms with Crippen molar-refractivity contribution in [2.24, 2.45) is 0 Å². The number of para-hydroxylation sites is 1. The van der Waals surface area contributed by atoms with Crippen LogP contribution in [0.5, 0.6) is 0 Å². The maximum absolute atomic E-state index is 12.8. The van der Waals surface area contributed by atoms with Crippen molar-refractivity contribution in [2.75, 3.05) is 46.3 Å². The monoisotopic (exact) mass is 413 g/mol. The number of hydrogen-bond acceptors (Lipinski definition) is 4. The zero-order chi connectivity index (χ0) is 21.9. The largest absolute Gasteiger partial charge is 0.351 e. The SMILES string of the molecule is CN(CC(=O)NC(C)(C)C)C(=O)CN1CCN(C(=O)c2cc3ccccc3[nH]2)CC1. The van der Waals surface area contributed by atoms with Crippen molar-refractivity contribution in [3.63, 3.8) is 0 Å². The third-order valence-corrected chi connectivity index (χ3v) is 5.10. The van der Waals surface area contributed by atoms with Gasteiger partial charge in [-0.05, 0) is 32.9 Å². The molecule has 0 saturated carbocycles. The van der Waals surface area contributed by atoms with Crippen LogP contribution in [-0.4, -0.2) is 89.3 Å². The minimum atomic E-state index is -0.325. The highest BCUT2D eigenvalue weighted by atomic mass is 16.2. The molecule has 0 radical (unpaired) electrons. The molecule has 0 aliphatic carbocycles. The van der Waals surface area contributed by atoms with Crippen LogP contribution >= 0.6 is 0 Å². The number of rotatable bonds is 5. The number of benzene rings is 1. The molecule has 1 saturated heterocycles. The highest BCUT2D eigenvalue weighted by molar-refractivity contribution is 5.98. The number of nitrogens with one attached hydrogen (secondary N) is 2. The Labute approximate surface area is 177 Å². The van der Waals surface area contributed by atoms with Crippen LogP contribution in [0.25, 0.3) is 10.9 Å². The smallest absolute Gasteiger partial charge is 0.270 e. The van der Waals surface area contributed by atoms with E-state index in [0.29, 0.717) is 31.9 Å². The van der Waals surface area contributed by atoms with E-state index >= 15 is 0 Å². The molecule has 3 rings (SSSR count). The van der Waals surface area contributed by atoms with E-state index in [4.69, 9.17) is 0 Å². The summed E-state index contributed by atoms with van der Waals surface area (Å²) in [5.41, 5.74) is 1.21. The van der Waals surface area contributed by atoms with Gasteiger partial charge in [0.2, 0.25) is 11.8 Å². The number of carbonyl (C=O) groups excluding carboxylic acids is 3. The number of nitrogens with zero attached hydrogens (tertiary/aromatic N) is 3. The summed E-state index contributed by atoms with van der Waals surface area (Å²) < 4.78 is 0. The Morgan fingerprint density at radius 3 is 2.40 bits per heavy atom. The molecule has 0 unspecified atom stereocenters. The molecular weight excluding hydrogens is 382 g/mol. The summed E-state index contributed by atoms with van der Waals surface area (Å²) in [5.74, 6) is -0.297. The number of H-pyrrole nitrogens is 1. The van der Waals surface area contributed by atoms with Gasteiger partial charge in [0.25, 0.3) is 5.91 Å². The van der Waals surface area contributed by atoms with Crippen LogP contribution in [0.4, 0.5) is 0 Å². The molecule has 1 aromatic carbocycles. The van der Waals surface area contributed by atoms with Crippen LogP contribution < -0.4 is 5.32 Å². The third kappa shape index (κ3) is 5.60. The number of likely N-dealkylation sites (N-methyl/N-ethyl adjacent to an activating group) is 1. The average Bonchev–Trinajstić information content (AvgIpc) is 3.10. The number of aromatic amines is 1. The van der Waals surface area contributed by atoms with E-state index in [-0.39, 0.29) is 36.3 Å². The molecule has 1 aliphatic heterocycles. The van der Waals surface area contributed by atoms with Crippen LogP contribution in [0, 0.1) is 0 Å². The summed E-state index contributed by atoms with van der Waals surface area (Å²) >= 11 is 0. The van der Waals surface area contributed by atoms with E-state index in [1.807, 2.05) is 60.9 Å². The highest BCUT2D eigenvalue weighted by Gasteiger charge is 2.25. The second-order valence-electron chi connectivity index (χ2n) is 8.89. The molecule has 2 N–H and O–H groups in total. The lowest BCUT2D eigenvalue weighted by Crippen LogP contribution is -2.52. The number of carbonyl (C=O) groups is 3. The van der Waals surface area contributed by atoms with Gasteiger partial charge in [-0.3, -0.25) is 19.3 Å². The van der Waals surface area contributed by atoms with E-state index in [0.717, 1.165) is 10.9 Å². The molecule has 1 aromatic heterocycles. The molecule has 1 aliphatic rings. The molecule has 8 nitrogen and oxygen atoms in total. The fraction of sp³-hybridized carbons (Fsp3) is 0.500. The Hall–Kier alpha value is -2.87. The molecular formula is C22H31N5O3. The summed E-state index contributed by atoms with van der Waals surface area (Å²) in [7, 11) is 1.64. The van der Waals surface area contributed by atoms with E-state index in [1.54, 1.807) is 7.05 Å². The van der Waals surface area contributed by atoms with Crippen LogP contribution in [0.3, 0.4) is 0 Å². The third-order valence-electron chi connectivity index (χ3n) is 5.10. The van der Waals surface area contributed by atoms with Crippen molar-refractivity contribution < 1.29 is 14.4 Å². The first kappa shape index (κ1) is 21.8. The highest BCUT2D eigenvalue weighted by Crippen LogP contribution is 2.17. The average molecular weight is 414 g/mol. The standard InChI is InChI=1S/C22H31N5O3/c1-22(2,3)24-19(28)14-25(4)20(29)15-26-9-11-27(12-10-26)21(30)18-13-16-7-5-6-8-17(16)23-18/h5-8,13,23H,9-12,14-15H2,1-4H3,(H,24,28). The molecule has 8 heteroatoms. The Kier molecular flexibility index (Phi) is 6.45.